The number of benzene rings is 1. The van der Waals surface area contributed by atoms with Gasteiger partial charge >= 0.3 is 0 Å². The van der Waals surface area contributed by atoms with Gasteiger partial charge in [0, 0.05) is 18.3 Å². The molecule has 1 aliphatic carbocycles. The molecule has 1 aromatic carbocycles. The molecule has 1 saturated carbocycles. The summed E-state index contributed by atoms with van der Waals surface area (Å²) in [6.07, 6.45) is 3.76. The van der Waals surface area contributed by atoms with E-state index in [0.717, 1.165) is 25.4 Å². The smallest absolute Gasteiger partial charge is 0.107 e. The Hall–Kier alpha value is -1.19. The van der Waals surface area contributed by atoms with Gasteiger partial charge in [-0.3, -0.25) is 0 Å². The van der Waals surface area contributed by atoms with E-state index in [2.05, 4.69) is 46.0 Å². The molecule has 1 N–H and O–H groups in total. The Balaban J connectivity index is 1.52. The predicted octanol–water partition coefficient (Wildman–Crippen LogP) is 3.23. The van der Waals surface area contributed by atoms with Gasteiger partial charge in [0.05, 0.1) is 5.69 Å². The SMILES string of the molecule is c1ccc(Cc2csc(CNCC3CC3)n2)cc1. The molecule has 0 radical (unpaired) electrons. The Labute approximate surface area is 112 Å². The minimum atomic E-state index is 0.927. The van der Waals surface area contributed by atoms with Crippen molar-refractivity contribution in [1.82, 2.24) is 10.3 Å². The van der Waals surface area contributed by atoms with E-state index in [-0.39, 0.29) is 0 Å². The minimum Gasteiger partial charge on any atom is -0.310 e. The summed E-state index contributed by atoms with van der Waals surface area (Å²) in [6.45, 7) is 2.09. The first-order chi connectivity index (χ1) is 8.90. The zero-order valence-corrected chi connectivity index (χ0v) is 11.2. The van der Waals surface area contributed by atoms with Gasteiger partial charge < -0.3 is 5.32 Å². The molecule has 0 unspecified atom stereocenters. The topological polar surface area (TPSA) is 24.9 Å². The van der Waals surface area contributed by atoms with E-state index in [1.165, 1.54) is 29.1 Å². The van der Waals surface area contributed by atoms with Gasteiger partial charge in [-0.1, -0.05) is 30.3 Å². The van der Waals surface area contributed by atoms with Crippen LogP contribution in [0.15, 0.2) is 35.7 Å². The number of thiazole rings is 1. The highest BCUT2D eigenvalue weighted by Crippen LogP contribution is 2.27. The molecule has 0 bridgehead atoms. The third-order valence-electron chi connectivity index (χ3n) is 3.23. The number of rotatable bonds is 6. The molecule has 1 heterocycles. The fourth-order valence-electron chi connectivity index (χ4n) is 2.02. The molecular weight excluding hydrogens is 240 g/mol. The highest BCUT2D eigenvalue weighted by atomic mass is 32.1. The zero-order valence-electron chi connectivity index (χ0n) is 10.4. The van der Waals surface area contributed by atoms with Crippen molar-refractivity contribution in [3.8, 4) is 0 Å². The first kappa shape index (κ1) is 11.9. The van der Waals surface area contributed by atoms with Gasteiger partial charge in [0.15, 0.2) is 0 Å². The largest absolute Gasteiger partial charge is 0.310 e. The Bertz CT molecular complexity index is 488. The van der Waals surface area contributed by atoms with E-state index in [9.17, 15) is 0 Å². The van der Waals surface area contributed by atoms with Crippen LogP contribution in [0.1, 0.15) is 29.1 Å². The summed E-state index contributed by atoms with van der Waals surface area (Å²) < 4.78 is 0. The summed E-state index contributed by atoms with van der Waals surface area (Å²) in [4.78, 5) is 4.68. The summed E-state index contributed by atoms with van der Waals surface area (Å²) in [5, 5.41) is 6.88. The lowest BCUT2D eigenvalue weighted by atomic mass is 10.1. The number of nitrogens with one attached hydrogen (secondary N) is 1. The number of nitrogens with zero attached hydrogens (tertiary/aromatic N) is 1. The Morgan fingerprint density at radius 2 is 2.06 bits per heavy atom. The van der Waals surface area contributed by atoms with Gasteiger partial charge in [0.2, 0.25) is 0 Å². The van der Waals surface area contributed by atoms with Gasteiger partial charge in [0.1, 0.15) is 5.01 Å². The van der Waals surface area contributed by atoms with E-state index in [4.69, 9.17) is 0 Å². The van der Waals surface area contributed by atoms with Crippen molar-refractivity contribution in [2.24, 2.45) is 5.92 Å². The molecule has 3 rings (SSSR count). The maximum Gasteiger partial charge on any atom is 0.107 e. The molecule has 0 saturated heterocycles. The normalized spacial score (nSPS) is 14.9. The van der Waals surface area contributed by atoms with Crippen molar-refractivity contribution < 1.29 is 0 Å². The second-order valence-corrected chi connectivity index (χ2v) is 5.91. The van der Waals surface area contributed by atoms with Gasteiger partial charge in [-0.05, 0) is 30.9 Å². The molecular formula is C15H18N2S. The molecule has 1 aliphatic rings. The molecule has 1 aromatic heterocycles. The molecule has 1 fully saturated rings. The second kappa shape index (κ2) is 5.63. The Morgan fingerprint density at radius 3 is 2.83 bits per heavy atom. The number of hydrogen-bond acceptors (Lipinski definition) is 3. The Kier molecular flexibility index (Phi) is 3.72. The lowest BCUT2D eigenvalue weighted by Gasteiger charge is -1.99. The number of aromatic nitrogens is 1. The van der Waals surface area contributed by atoms with E-state index >= 15 is 0 Å². The summed E-state index contributed by atoms with van der Waals surface area (Å²) in [6, 6.07) is 10.5. The van der Waals surface area contributed by atoms with Crippen molar-refractivity contribution in [2.75, 3.05) is 6.54 Å². The Morgan fingerprint density at radius 1 is 1.22 bits per heavy atom. The molecule has 0 amide bonds. The van der Waals surface area contributed by atoms with Crippen LogP contribution in [0.5, 0.6) is 0 Å². The molecule has 94 valence electrons. The van der Waals surface area contributed by atoms with Gasteiger partial charge in [-0.25, -0.2) is 4.98 Å². The van der Waals surface area contributed by atoms with Gasteiger partial charge in [0.25, 0.3) is 0 Å². The fraction of sp³-hybridized carbons (Fsp3) is 0.400. The van der Waals surface area contributed by atoms with Crippen LogP contribution in [-0.2, 0) is 13.0 Å². The van der Waals surface area contributed by atoms with Crippen molar-refractivity contribution in [2.45, 2.75) is 25.8 Å². The van der Waals surface area contributed by atoms with Crippen molar-refractivity contribution in [3.63, 3.8) is 0 Å². The maximum atomic E-state index is 4.68. The van der Waals surface area contributed by atoms with E-state index in [0.29, 0.717) is 0 Å². The lowest BCUT2D eigenvalue weighted by Crippen LogP contribution is -2.15. The highest BCUT2D eigenvalue weighted by molar-refractivity contribution is 7.09. The summed E-state index contributed by atoms with van der Waals surface area (Å²) >= 11 is 1.77. The molecule has 3 heteroatoms. The molecule has 0 spiro atoms. The first-order valence-corrected chi connectivity index (χ1v) is 7.46. The molecule has 18 heavy (non-hydrogen) atoms. The van der Waals surface area contributed by atoms with Crippen molar-refractivity contribution in [3.05, 3.63) is 52.0 Å². The van der Waals surface area contributed by atoms with Crippen LogP contribution in [0.4, 0.5) is 0 Å². The third kappa shape index (κ3) is 3.40. The predicted molar refractivity (Wildman–Crippen MR) is 75.8 cm³/mol. The second-order valence-electron chi connectivity index (χ2n) is 4.97. The van der Waals surface area contributed by atoms with Crippen LogP contribution in [0.2, 0.25) is 0 Å². The lowest BCUT2D eigenvalue weighted by molar-refractivity contribution is 0.636. The molecule has 2 nitrogen and oxygen atoms in total. The van der Waals surface area contributed by atoms with E-state index in [1.807, 2.05) is 0 Å². The quantitative estimate of drug-likeness (QED) is 0.860. The van der Waals surface area contributed by atoms with Crippen LogP contribution >= 0.6 is 11.3 Å². The van der Waals surface area contributed by atoms with Crippen LogP contribution in [0, 0.1) is 5.92 Å². The van der Waals surface area contributed by atoms with Crippen LogP contribution in [0.3, 0.4) is 0 Å². The molecule has 0 aliphatic heterocycles. The standard InChI is InChI=1S/C15H18N2S/c1-2-4-12(5-3-1)8-14-11-18-15(17-14)10-16-9-13-6-7-13/h1-5,11,13,16H,6-10H2. The summed E-state index contributed by atoms with van der Waals surface area (Å²) in [5.41, 5.74) is 2.52. The molecule has 0 atom stereocenters. The minimum absolute atomic E-state index is 0.927. The number of hydrogen-bond donors (Lipinski definition) is 1. The zero-order chi connectivity index (χ0) is 12.2. The monoisotopic (exact) mass is 258 g/mol. The van der Waals surface area contributed by atoms with Gasteiger partial charge in [-0.2, -0.15) is 0 Å². The van der Waals surface area contributed by atoms with Gasteiger partial charge in [-0.15, -0.1) is 11.3 Å². The van der Waals surface area contributed by atoms with E-state index in [1.54, 1.807) is 11.3 Å². The maximum absolute atomic E-state index is 4.68. The first-order valence-electron chi connectivity index (χ1n) is 6.58. The highest BCUT2D eigenvalue weighted by Gasteiger charge is 2.20. The van der Waals surface area contributed by atoms with Crippen LogP contribution < -0.4 is 5.32 Å². The van der Waals surface area contributed by atoms with Crippen molar-refractivity contribution in [1.29, 1.82) is 0 Å². The third-order valence-corrected chi connectivity index (χ3v) is 4.13. The fourth-order valence-corrected chi connectivity index (χ4v) is 2.78. The van der Waals surface area contributed by atoms with Crippen LogP contribution in [0.25, 0.3) is 0 Å². The summed E-state index contributed by atoms with van der Waals surface area (Å²) in [5.74, 6) is 0.939. The van der Waals surface area contributed by atoms with E-state index < -0.39 is 0 Å². The average molecular weight is 258 g/mol. The molecule has 2 aromatic rings. The average Bonchev–Trinajstić information content (AvgIpc) is 3.11. The van der Waals surface area contributed by atoms with Crippen molar-refractivity contribution >= 4 is 11.3 Å². The summed E-state index contributed by atoms with van der Waals surface area (Å²) in [7, 11) is 0. The van der Waals surface area contributed by atoms with Crippen LogP contribution in [-0.4, -0.2) is 11.5 Å².